The van der Waals surface area contributed by atoms with Crippen LogP contribution in [0.4, 0.5) is 10.1 Å². The number of carbonyl (C=O) groups is 2. The number of carbonyl (C=O) groups excluding carboxylic acids is 2. The summed E-state index contributed by atoms with van der Waals surface area (Å²) in [5.74, 6) is -2.16. The number of nitrogens with zero attached hydrogens (tertiary/aromatic N) is 1. The van der Waals surface area contributed by atoms with Crippen LogP contribution < -0.4 is 5.32 Å². The van der Waals surface area contributed by atoms with Crippen molar-refractivity contribution < 1.29 is 27.1 Å². The molecule has 1 N–H and O–H groups in total. The Labute approximate surface area is 174 Å². The Bertz CT molecular complexity index is 1040. The van der Waals surface area contributed by atoms with Crippen LogP contribution in [0, 0.1) is 5.82 Å². The fourth-order valence-corrected chi connectivity index (χ4v) is 4.68. The maximum absolute atomic E-state index is 13.7. The van der Waals surface area contributed by atoms with Gasteiger partial charge in [-0.05, 0) is 50.1 Å². The normalized spacial score (nSPS) is 15.9. The summed E-state index contributed by atoms with van der Waals surface area (Å²) in [4.78, 5) is 24.7. The highest BCUT2D eigenvalue weighted by molar-refractivity contribution is 7.89. The fourth-order valence-electron chi connectivity index (χ4n) is 3.12. The van der Waals surface area contributed by atoms with Gasteiger partial charge in [0.1, 0.15) is 5.82 Å². The highest BCUT2D eigenvalue weighted by atomic mass is 32.2. The standard InChI is InChI=1S/C21H23FN2O5S/c1-15(20(25)23-19-11-4-3-10-18(19)22)29-21(26)16-8-7-9-17(14-16)30(27,28)24-12-5-2-6-13-24/h3-4,7-11,14-15H,2,5-6,12-13H2,1H3,(H,23,25). The van der Waals surface area contributed by atoms with Gasteiger partial charge in [-0.3, -0.25) is 4.79 Å². The second-order valence-electron chi connectivity index (χ2n) is 7.01. The van der Waals surface area contributed by atoms with Crippen LogP contribution in [0.1, 0.15) is 36.5 Å². The minimum atomic E-state index is -3.70. The first-order chi connectivity index (χ1) is 14.3. The van der Waals surface area contributed by atoms with Crippen molar-refractivity contribution >= 4 is 27.6 Å². The van der Waals surface area contributed by atoms with Gasteiger partial charge in [0.25, 0.3) is 5.91 Å². The molecule has 0 aliphatic carbocycles. The van der Waals surface area contributed by atoms with Gasteiger partial charge in [0, 0.05) is 13.1 Å². The topological polar surface area (TPSA) is 92.8 Å². The third-order valence-corrected chi connectivity index (χ3v) is 6.70. The zero-order chi connectivity index (χ0) is 21.7. The Hall–Kier alpha value is -2.78. The molecule has 160 valence electrons. The van der Waals surface area contributed by atoms with Gasteiger partial charge in [-0.25, -0.2) is 17.6 Å². The van der Waals surface area contributed by atoms with Crippen LogP contribution in [-0.2, 0) is 19.6 Å². The first-order valence-corrected chi connectivity index (χ1v) is 11.1. The number of benzene rings is 2. The number of anilines is 1. The van der Waals surface area contributed by atoms with Crippen molar-refractivity contribution in [3.05, 3.63) is 59.9 Å². The SMILES string of the molecule is CC(OC(=O)c1cccc(S(=O)(=O)N2CCCCC2)c1)C(=O)Nc1ccccc1F. The number of ether oxygens (including phenoxy) is 1. The Morgan fingerprint density at radius 1 is 1.07 bits per heavy atom. The highest BCUT2D eigenvalue weighted by Gasteiger charge is 2.27. The largest absolute Gasteiger partial charge is 0.449 e. The van der Waals surface area contributed by atoms with E-state index in [1.165, 1.54) is 53.7 Å². The molecule has 0 radical (unpaired) electrons. The molecule has 2 aromatic rings. The van der Waals surface area contributed by atoms with E-state index in [0.717, 1.165) is 19.3 Å². The van der Waals surface area contributed by atoms with Crippen molar-refractivity contribution in [1.82, 2.24) is 4.31 Å². The minimum Gasteiger partial charge on any atom is -0.449 e. The number of hydrogen-bond donors (Lipinski definition) is 1. The van der Waals surface area contributed by atoms with Gasteiger partial charge in [0.05, 0.1) is 16.1 Å². The molecule has 2 aromatic carbocycles. The molecule has 0 saturated carbocycles. The molecule has 1 amide bonds. The van der Waals surface area contributed by atoms with E-state index in [1.54, 1.807) is 6.07 Å². The van der Waals surface area contributed by atoms with Crippen LogP contribution in [0.25, 0.3) is 0 Å². The maximum Gasteiger partial charge on any atom is 0.338 e. The zero-order valence-corrected chi connectivity index (χ0v) is 17.3. The summed E-state index contributed by atoms with van der Waals surface area (Å²) in [6.45, 7) is 2.25. The van der Waals surface area contributed by atoms with Crippen LogP contribution >= 0.6 is 0 Å². The monoisotopic (exact) mass is 434 g/mol. The highest BCUT2D eigenvalue weighted by Crippen LogP contribution is 2.22. The molecule has 30 heavy (non-hydrogen) atoms. The summed E-state index contributed by atoms with van der Waals surface area (Å²) in [6, 6.07) is 11.2. The molecule has 0 aromatic heterocycles. The third-order valence-electron chi connectivity index (χ3n) is 4.81. The predicted octanol–water partition coefficient (Wildman–Crippen LogP) is 3.18. The second kappa shape index (κ2) is 9.36. The van der Waals surface area contributed by atoms with E-state index in [9.17, 15) is 22.4 Å². The number of para-hydroxylation sites is 1. The lowest BCUT2D eigenvalue weighted by Crippen LogP contribution is -2.35. The molecule has 1 aliphatic heterocycles. The first-order valence-electron chi connectivity index (χ1n) is 9.65. The molecule has 1 unspecified atom stereocenters. The van der Waals surface area contributed by atoms with Gasteiger partial charge in [0.15, 0.2) is 6.10 Å². The number of rotatable bonds is 6. The van der Waals surface area contributed by atoms with E-state index in [2.05, 4.69) is 5.32 Å². The number of hydrogen-bond acceptors (Lipinski definition) is 5. The first kappa shape index (κ1) is 21.9. The molecule has 1 heterocycles. The molecule has 1 aliphatic rings. The van der Waals surface area contributed by atoms with Crippen LogP contribution in [0.3, 0.4) is 0 Å². The van der Waals surface area contributed by atoms with Gasteiger partial charge in [0.2, 0.25) is 10.0 Å². The Kier molecular flexibility index (Phi) is 6.84. The lowest BCUT2D eigenvalue weighted by atomic mass is 10.2. The van der Waals surface area contributed by atoms with Crippen molar-refractivity contribution in [3.8, 4) is 0 Å². The molecular weight excluding hydrogens is 411 g/mol. The number of esters is 1. The van der Waals surface area contributed by atoms with E-state index in [4.69, 9.17) is 4.74 Å². The lowest BCUT2D eigenvalue weighted by Gasteiger charge is -2.26. The van der Waals surface area contributed by atoms with E-state index in [0.29, 0.717) is 13.1 Å². The van der Waals surface area contributed by atoms with E-state index >= 15 is 0 Å². The summed E-state index contributed by atoms with van der Waals surface area (Å²) in [5.41, 5.74) is -0.0151. The molecule has 0 spiro atoms. The Balaban J connectivity index is 1.69. The van der Waals surface area contributed by atoms with Crippen molar-refractivity contribution in [3.63, 3.8) is 0 Å². The number of nitrogens with one attached hydrogen (secondary N) is 1. The molecule has 7 nitrogen and oxygen atoms in total. The third kappa shape index (κ3) is 5.03. The van der Waals surface area contributed by atoms with Gasteiger partial charge >= 0.3 is 5.97 Å². The van der Waals surface area contributed by atoms with Gasteiger partial charge in [-0.15, -0.1) is 0 Å². The van der Waals surface area contributed by atoms with Gasteiger partial charge in [-0.2, -0.15) is 4.31 Å². The van der Waals surface area contributed by atoms with Crippen LogP contribution in [0.2, 0.25) is 0 Å². The zero-order valence-electron chi connectivity index (χ0n) is 16.5. The molecule has 9 heteroatoms. The van der Waals surface area contributed by atoms with Crippen LogP contribution in [-0.4, -0.2) is 43.8 Å². The maximum atomic E-state index is 13.7. The van der Waals surface area contributed by atoms with Crippen molar-refractivity contribution in [2.24, 2.45) is 0 Å². The average Bonchev–Trinajstić information content (AvgIpc) is 2.76. The molecular formula is C21H23FN2O5S. The number of sulfonamides is 1. The van der Waals surface area contributed by atoms with Crippen molar-refractivity contribution in [2.45, 2.75) is 37.2 Å². The summed E-state index contributed by atoms with van der Waals surface area (Å²) >= 11 is 0. The average molecular weight is 434 g/mol. The van der Waals surface area contributed by atoms with Crippen LogP contribution in [0.5, 0.6) is 0 Å². The molecule has 3 rings (SSSR count). The number of amides is 1. The quantitative estimate of drug-likeness (QED) is 0.705. The van der Waals surface area contributed by atoms with E-state index < -0.39 is 33.8 Å². The molecule has 1 atom stereocenters. The summed E-state index contributed by atoms with van der Waals surface area (Å²) in [5, 5.41) is 2.35. The minimum absolute atomic E-state index is 0.00214. The number of piperidine rings is 1. The van der Waals surface area contributed by atoms with Gasteiger partial charge in [-0.1, -0.05) is 24.6 Å². The van der Waals surface area contributed by atoms with Crippen LogP contribution in [0.15, 0.2) is 53.4 Å². The molecule has 0 bridgehead atoms. The molecule has 1 saturated heterocycles. The summed E-state index contributed by atoms with van der Waals surface area (Å²) < 4.78 is 45.8. The van der Waals surface area contributed by atoms with E-state index in [-0.39, 0.29) is 16.1 Å². The fraction of sp³-hybridized carbons (Fsp3) is 0.333. The predicted molar refractivity (Wildman–Crippen MR) is 109 cm³/mol. The van der Waals surface area contributed by atoms with Gasteiger partial charge < -0.3 is 10.1 Å². The summed E-state index contributed by atoms with van der Waals surface area (Å²) in [6.07, 6.45) is 1.38. The number of halogens is 1. The second-order valence-corrected chi connectivity index (χ2v) is 8.95. The Morgan fingerprint density at radius 3 is 2.47 bits per heavy atom. The summed E-state index contributed by atoms with van der Waals surface area (Å²) in [7, 11) is -3.70. The van der Waals surface area contributed by atoms with Crippen molar-refractivity contribution in [1.29, 1.82) is 0 Å². The van der Waals surface area contributed by atoms with Crippen molar-refractivity contribution in [2.75, 3.05) is 18.4 Å². The smallest absolute Gasteiger partial charge is 0.338 e. The Morgan fingerprint density at radius 2 is 1.77 bits per heavy atom. The molecule has 1 fully saturated rings. The lowest BCUT2D eigenvalue weighted by molar-refractivity contribution is -0.123. The van der Waals surface area contributed by atoms with E-state index in [1.807, 2.05) is 0 Å².